The van der Waals surface area contributed by atoms with Gasteiger partial charge in [-0.05, 0) is 26.6 Å². The second-order valence-corrected chi connectivity index (χ2v) is 4.21. The van der Waals surface area contributed by atoms with Crippen LogP contribution in [0, 0.1) is 6.92 Å². The lowest BCUT2D eigenvalue weighted by Gasteiger charge is -1.98. The molecule has 5 nitrogen and oxygen atoms in total. The molecule has 2 rings (SSSR count). The van der Waals surface area contributed by atoms with E-state index in [-0.39, 0.29) is 0 Å². The van der Waals surface area contributed by atoms with Crippen LogP contribution in [0.25, 0.3) is 0 Å². The SMILES string of the molecule is CNCCNC.Cc1cnn(Cc2ccccc2)n1. The Bertz CT molecular complexity index is 434. The van der Waals surface area contributed by atoms with Crippen molar-refractivity contribution in [3.63, 3.8) is 0 Å². The van der Waals surface area contributed by atoms with Crippen LogP contribution >= 0.6 is 0 Å². The number of likely N-dealkylation sites (N-methyl/N-ethyl adjacent to an activating group) is 2. The van der Waals surface area contributed by atoms with Crippen LogP contribution in [0.15, 0.2) is 36.5 Å². The second-order valence-electron chi connectivity index (χ2n) is 4.21. The summed E-state index contributed by atoms with van der Waals surface area (Å²) in [6.07, 6.45) is 1.77. The van der Waals surface area contributed by atoms with Crippen molar-refractivity contribution in [1.29, 1.82) is 0 Å². The highest BCUT2D eigenvalue weighted by atomic mass is 15.5. The zero-order valence-corrected chi connectivity index (χ0v) is 11.9. The molecule has 0 radical (unpaired) electrons. The molecule has 0 saturated carbocycles. The first-order valence-corrected chi connectivity index (χ1v) is 6.46. The number of rotatable bonds is 5. The summed E-state index contributed by atoms with van der Waals surface area (Å²) in [7, 11) is 3.88. The van der Waals surface area contributed by atoms with Crippen molar-refractivity contribution < 1.29 is 0 Å². The van der Waals surface area contributed by atoms with Gasteiger partial charge >= 0.3 is 0 Å². The Labute approximate surface area is 115 Å². The Balaban J connectivity index is 0.000000258. The molecule has 1 aromatic heterocycles. The van der Waals surface area contributed by atoms with Gasteiger partial charge in [-0.3, -0.25) is 0 Å². The van der Waals surface area contributed by atoms with Crippen LogP contribution in [0.4, 0.5) is 0 Å². The Morgan fingerprint density at radius 2 is 1.68 bits per heavy atom. The zero-order chi connectivity index (χ0) is 13.9. The van der Waals surface area contributed by atoms with E-state index in [4.69, 9.17) is 0 Å². The summed E-state index contributed by atoms with van der Waals surface area (Å²) >= 11 is 0. The van der Waals surface area contributed by atoms with Gasteiger partial charge < -0.3 is 10.6 Å². The van der Waals surface area contributed by atoms with E-state index in [9.17, 15) is 0 Å². The van der Waals surface area contributed by atoms with Crippen molar-refractivity contribution in [2.75, 3.05) is 27.2 Å². The Morgan fingerprint density at radius 1 is 1.05 bits per heavy atom. The number of nitrogens with zero attached hydrogens (tertiary/aromatic N) is 3. The molecular weight excluding hydrogens is 238 g/mol. The maximum atomic E-state index is 4.21. The smallest absolute Gasteiger partial charge is 0.0857 e. The van der Waals surface area contributed by atoms with Gasteiger partial charge in [-0.2, -0.15) is 15.0 Å². The number of nitrogens with one attached hydrogen (secondary N) is 2. The van der Waals surface area contributed by atoms with Gasteiger partial charge in [0.25, 0.3) is 0 Å². The van der Waals surface area contributed by atoms with Crippen LogP contribution < -0.4 is 10.6 Å². The van der Waals surface area contributed by atoms with E-state index in [1.165, 1.54) is 5.56 Å². The first-order chi connectivity index (χ1) is 9.26. The van der Waals surface area contributed by atoms with Gasteiger partial charge in [0.15, 0.2) is 0 Å². The van der Waals surface area contributed by atoms with Crippen molar-refractivity contribution in [2.24, 2.45) is 0 Å². The van der Waals surface area contributed by atoms with E-state index in [1.807, 2.05) is 39.2 Å². The molecular formula is C14H23N5. The highest BCUT2D eigenvalue weighted by Gasteiger charge is 1.96. The topological polar surface area (TPSA) is 54.8 Å². The molecule has 0 aliphatic rings. The molecule has 0 bridgehead atoms. The fraction of sp³-hybridized carbons (Fsp3) is 0.429. The van der Waals surface area contributed by atoms with Gasteiger partial charge in [-0.15, -0.1) is 0 Å². The van der Waals surface area contributed by atoms with E-state index in [2.05, 4.69) is 33.0 Å². The summed E-state index contributed by atoms with van der Waals surface area (Å²) in [5, 5.41) is 14.3. The summed E-state index contributed by atoms with van der Waals surface area (Å²) in [6.45, 7) is 4.79. The minimum Gasteiger partial charge on any atom is -0.318 e. The zero-order valence-electron chi connectivity index (χ0n) is 11.9. The molecule has 0 saturated heterocycles. The van der Waals surface area contributed by atoms with Crippen molar-refractivity contribution >= 4 is 0 Å². The normalized spacial score (nSPS) is 9.84. The van der Waals surface area contributed by atoms with Gasteiger partial charge in [0.1, 0.15) is 0 Å². The highest BCUT2D eigenvalue weighted by molar-refractivity contribution is 5.14. The van der Waals surface area contributed by atoms with Gasteiger partial charge in [-0.1, -0.05) is 30.3 Å². The molecule has 0 aliphatic carbocycles. The van der Waals surface area contributed by atoms with Crippen molar-refractivity contribution in [1.82, 2.24) is 25.6 Å². The van der Waals surface area contributed by atoms with Crippen molar-refractivity contribution in [3.8, 4) is 0 Å². The largest absolute Gasteiger partial charge is 0.318 e. The third-order valence-corrected chi connectivity index (χ3v) is 2.44. The number of benzene rings is 1. The van der Waals surface area contributed by atoms with E-state index in [1.54, 1.807) is 11.0 Å². The summed E-state index contributed by atoms with van der Waals surface area (Å²) in [4.78, 5) is 1.70. The summed E-state index contributed by atoms with van der Waals surface area (Å²) in [6, 6.07) is 10.2. The highest BCUT2D eigenvalue weighted by Crippen LogP contribution is 2.00. The molecule has 0 atom stereocenters. The van der Waals surface area contributed by atoms with E-state index in [0.29, 0.717) is 0 Å². The lowest BCUT2D eigenvalue weighted by atomic mass is 10.2. The van der Waals surface area contributed by atoms with Crippen LogP contribution in [0.5, 0.6) is 0 Å². The van der Waals surface area contributed by atoms with Gasteiger partial charge in [-0.25, -0.2) is 0 Å². The molecule has 0 fully saturated rings. The maximum Gasteiger partial charge on any atom is 0.0857 e. The average molecular weight is 261 g/mol. The standard InChI is InChI=1S/C10H11N3.C4H12N2/c1-9-7-11-13(12-9)8-10-5-3-2-4-6-10;1-5-3-4-6-2/h2-7H,8H2,1H3;5-6H,3-4H2,1-2H3. The van der Waals surface area contributed by atoms with Crippen LogP contribution in [0.3, 0.4) is 0 Å². The average Bonchev–Trinajstić information content (AvgIpc) is 2.84. The molecule has 19 heavy (non-hydrogen) atoms. The van der Waals surface area contributed by atoms with Crippen molar-refractivity contribution in [2.45, 2.75) is 13.5 Å². The number of aryl methyl sites for hydroxylation is 1. The van der Waals surface area contributed by atoms with Crippen LogP contribution in [0.1, 0.15) is 11.3 Å². The first-order valence-electron chi connectivity index (χ1n) is 6.46. The quantitative estimate of drug-likeness (QED) is 0.790. The molecule has 1 aromatic carbocycles. The summed E-state index contributed by atoms with van der Waals surface area (Å²) in [5.74, 6) is 0. The fourth-order valence-corrected chi connectivity index (χ4v) is 1.46. The molecule has 0 spiro atoms. The number of aromatic nitrogens is 3. The summed E-state index contributed by atoms with van der Waals surface area (Å²) < 4.78 is 0. The minimum absolute atomic E-state index is 0.745. The van der Waals surface area contributed by atoms with E-state index in [0.717, 1.165) is 25.3 Å². The molecule has 1 heterocycles. The Hall–Kier alpha value is -1.72. The first kappa shape index (κ1) is 15.3. The van der Waals surface area contributed by atoms with Gasteiger partial charge in [0, 0.05) is 13.1 Å². The molecule has 104 valence electrons. The van der Waals surface area contributed by atoms with Gasteiger partial charge in [0.05, 0.1) is 18.4 Å². The lowest BCUT2D eigenvalue weighted by molar-refractivity contribution is 0.588. The van der Waals surface area contributed by atoms with Crippen LogP contribution in [-0.2, 0) is 6.54 Å². The molecule has 0 unspecified atom stereocenters. The van der Waals surface area contributed by atoms with Gasteiger partial charge in [0.2, 0.25) is 0 Å². The Kier molecular flexibility index (Phi) is 7.46. The third-order valence-electron chi connectivity index (χ3n) is 2.44. The molecule has 0 amide bonds. The molecule has 0 aliphatic heterocycles. The predicted octanol–water partition coefficient (Wildman–Crippen LogP) is 1.06. The number of hydrogen-bond acceptors (Lipinski definition) is 4. The Morgan fingerprint density at radius 3 is 2.16 bits per heavy atom. The monoisotopic (exact) mass is 261 g/mol. The lowest BCUT2D eigenvalue weighted by Crippen LogP contribution is -2.21. The number of hydrogen-bond donors (Lipinski definition) is 2. The summed E-state index contributed by atoms with van der Waals surface area (Å²) in [5.41, 5.74) is 2.18. The predicted molar refractivity (Wildman–Crippen MR) is 78.2 cm³/mol. The second kappa shape index (κ2) is 9.24. The van der Waals surface area contributed by atoms with Crippen LogP contribution in [0.2, 0.25) is 0 Å². The van der Waals surface area contributed by atoms with E-state index < -0.39 is 0 Å². The van der Waals surface area contributed by atoms with Crippen LogP contribution in [-0.4, -0.2) is 42.2 Å². The van der Waals surface area contributed by atoms with Crippen molar-refractivity contribution in [3.05, 3.63) is 47.8 Å². The molecule has 2 aromatic rings. The minimum atomic E-state index is 0.745. The fourth-order valence-electron chi connectivity index (χ4n) is 1.46. The molecule has 5 heteroatoms. The molecule has 2 N–H and O–H groups in total. The maximum absolute atomic E-state index is 4.21. The van der Waals surface area contributed by atoms with E-state index >= 15 is 0 Å². The third kappa shape index (κ3) is 6.69.